The smallest absolute Gasteiger partial charge is 0.307 e. The van der Waals surface area contributed by atoms with Crippen LogP contribution < -0.4 is 11.0 Å². The molecule has 10 nitrogen and oxygen atoms in total. The molecule has 0 N–H and O–H groups in total. The number of aromatic nitrogens is 2. The Morgan fingerprint density at radius 3 is 1.74 bits per heavy atom. The van der Waals surface area contributed by atoms with Gasteiger partial charge < -0.3 is 13.4 Å². The minimum absolute atomic E-state index is 0.529. The Bertz CT molecular complexity index is 2090. The van der Waals surface area contributed by atoms with Gasteiger partial charge in [0.25, 0.3) is 0 Å². The second-order valence-electron chi connectivity index (χ2n) is 9.01. The lowest BCUT2D eigenvalue weighted by atomic mass is 10.00. The third-order valence-electron chi connectivity index (χ3n) is 7.10. The van der Waals surface area contributed by atoms with E-state index < -0.39 is 15.0 Å². The Kier molecular flexibility index (Phi) is 4.43. The van der Waals surface area contributed by atoms with Crippen molar-refractivity contribution >= 4 is 59.9 Å². The van der Waals surface area contributed by atoms with Gasteiger partial charge in [-0.2, -0.15) is 0 Å². The van der Waals surface area contributed by atoms with Gasteiger partial charge in [0.15, 0.2) is 11.7 Å². The highest BCUT2D eigenvalue weighted by Crippen LogP contribution is 2.50. The zero-order chi connectivity index (χ0) is 25.6. The van der Waals surface area contributed by atoms with Gasteiger partial charge >= 0.3 is 15.0 Å². The highest BCUT2D eigenvalue weighted by molar-refractivity contribution is 7.49. The Labute approximate surface area is 216 Å². The lowest BCUT2D eigenvalue weighted by Gasteiger charge is -2.25. The van der Waals surface area contributed by atoms with Crippen molar-refractivity contribution in [1.82, 2.24) is 8.96 Å². The first kappa shape index (κ1) is 21.9. The lowest BCUT2D eigenvalue weighted by molar-refractivity contribution is 0.208. The van der Waals surface area contributed by atoms with E-state index in [1.807, 2.05) is 81.8 Å². The van der Waals surface area contributed by atoms with Crippen LogP contribution in [0.5, 0.6) is 0 Å². The summed E-state index contributed by atoms with van der Waals surface area (Å²) in [6, 6.07) is 23.6. The second-order valence-corrected chi connectivity index (χ2v) is 10.8. The highest BCUT2D eigenvalue weighted by Gasteiger charge is 2.43. The molecule has 5 aromatic rings. The summed E-state index contributed by atoms with van der Waals surface area (Å²) in [6.45, 7) is 0. The molecule has 3 aliphatic heterocycles. The van der Waals surface area contributed by atoms with Crippen molar-refractivity contribution in [2.24, 2.45) is 20.0 Å². The molecule has 0 saturated heterocycles. The summed E-state index contributed by atoms with van der Waals surface area (Å²) < 4.78 is 33.8. The summed E-state index contributed by atoms with van der Waals surface area (Å²) in [7, 11) is -2.42. The van der Waals surface area contributed by atoms with Crippen LogP contribution in [0.1, 0.15) is 11.1 Å². The fraction of sp³-hybridized carbons (Fsp3) is 0.0769. The first-order valence-corrected chi connectivity index (χ1v) is 13.4. The van der Waals surface area contributed by atoms with Gasteiger partial charge in [-0.15, -0.1) is 0 Å². The van der Waals surface area contributed by atoms with E-state index in [1.165, 1.54) is 14.2 Å². The zero-order valence-electron chi connectivity index (χ0n) is 20.3. The molecule has 8 rings (SSSR count). The summed E-state index contributed by atoms with van der Waals surface area (Å²) in [6.07, 6.45) is 0. The SMILES string of the molecule is COP(=O)(OC)OB1n2c3c4ccccc4c2/N=C2N=C(/N=c4/c5ccccc5c(n41)=N3)c1ccccc1\2. The Hall–Kier alpha value is -4.15. The van der Waals surface area contributed by atoms with Gasteiger partial charge in [0.2, 0.25) is 0 Å². The Balaban J connectivity index is 1.63. The number of fused-ring (bicyclic) bond motifs is 10. The van der Waals surface area contributed by atoms with Crippen molar-refractivity contribution < 1.29 is 18.1 Å². The molecular weight excluding hydrogens is 502 g/mol. The molecule has 0 radical (unpaired) electrons. The molecule has 0 amide bonds. The molecule has 0 fully saturated rings. The van der Waals surface area contributed by atoms with E-state index in [4.69, 9.17) is 33.5 Å². The van der Waals surface area contributed by atoms with Crippen LogP contribution in [0.15, 0.2) is 92.8 Å². The maximum Gasteiger partial charge on any atom is 0.571 e. The van der Waals surface area contributed by atoms with Crippen LogP contribution in [-0.4, -0.2) is 42.0 Å². The van der Waals surface area contributed by atoms with Gasteiger partial charge in [0.1, 0.15) is 22.6 Å². The van der Waals surface area contributed by atoms with Crippen molar-refractivity contribution in [3.05, 3.63) is 94.9 Å². The van der Waals surface area contributed by atoms with Crippen molar-refractivity contribution in [1.29, 1.82) is 0 Å². The summed E-state index contributed by atoms with van der Waals surface area (Å²) in [5.74, 6) is 2.23. The lowest BCUT2D eigenvalue weighted by Crippen LogP contribution is -2.49. The number of benzene rings is 3. The number of hydrogen-bond donors (Lipinski definition) is 0. The topological polar surface area (TPSA) is 104 Å². The first-order valence-electron chi connectivity index (χ1n) is 12.0. The number of amidine groups is 2. The molecule has 3 aliphatic rings. The van der Waals surface area contributed by atoms with Crippen molar-refractivity contribution in [2.45, 2.75) is 0 Å². The zero-order valence-corrected chi connectivity index (χ0v) is 21.2. The minimum atomic E-state index is -3.98. The third-order valence-corrected chi connectivity index (χ3v) is 8.44. The highest BCUT2D eigenvalue weighted by atomic mass is 31.2. The van der Waals surface area contributed by atoms with Crippen LogP contribution in [0, 0.1) is 0 Å². The minimum Gasteiger partial charge on any atom is -0.307 e. The number of nitrogens with zero attached hydrogens (tertiary/aromatic N) is 6. The number of aliphatic imine (C=N–C) groups is 2. The summed E-state index contributed by atoms with van der Waals surface area (Å²) in [4.78, 5) is 20.1. The van der Waals surface area contributed by atoms with E-state index in [0.717, 1.165) is 32.7 Å². The second kappa shape index (κ2) is 7.69. The normalized spacial score (nSPS) is 17.4. The first-order chi connectivity index (χ1) is 18.6. The number of hydrogen-bond acceptors (Lipinski definition) is 8. The molecule has 0 aliphatic carbocycles. The Morgan fingerprint density at radius 2 is 1.13 bits per heavy atom. The van der Waals surface area contributed by atoms with Crippen LogP contribution in [0.2, 0.25) is 0 Å². The van der Waals surface area contributed by atoms with Crippen molar-refractivity contribution in [2.75, 3.05) is 14.2 Å². The van der Waals surface area contributed by atoms with Crippen molar-refractivity contribution in [3.63, 3.8) is 0 Å². The van der Waals surface area contributed by atoms with Crippen LogP contribution in [0.4, 0.5) is 11.6 Å². The fourth-order valence-corrected chi connectivity index (χ4v) is 6.13. The van der Waals surface area contributed by atoms with E-state index in [1.54, 1.807) is 0 Å². The van der Waals surface area contributed by atoms with Gasteiger partial charge in [-0.1, -0.05) is 72.8 Å². The van der Waals surface area contributed by atoms with Crippen LogP contribution >= 0.6 is 7.82 Å². The van der Waals surface area contributed by atoms with E-state index in [9.17, 15) is 4.57 Å². The van der Waals surface area contributed by atoms with Gasteiger partial charge in [-0.3, -0.25) is 9.05 Å². The molecule has 5 heterocycles. The maximum absolute atomic E-state index is 13.5. The summed E-state index contributed by atoms with van der Waals surface area (Å²) in [5.41, 5.74) is 2.93. The van der Waals surface area contributed by atoms with Crippen molar-refractivity contribution in [3.8, 4) is 0 Å². The molecule has 3 aromatic carbocycles. The predicted octanol–water partition coefficient (Wildman–Crippen LogP) is 4.13. The van der Waals surface area contributed by atoms with Gasteiger partial charge in [0.05, 0.1) is 0 Å². The van der Waals surface area contributed by atoms with E-state index in [2.05, 4.69) is 0 Å². The third kappa shape index (κ3) is 2.81. The van der Waals surface area contributed by atoms with Gasteiger partial charge in [0, 0.05) is 46.9 Å². The Morgan fingerprint density at radius 1 is 0.632 bits per heavy atom. The standard InChI is InChI=1S/C26H18BN6O4P/c1-35-38(34,36-2)37-27-32-23-17-11-5-7-13-19(17)25(32)31-26-20-14-8-6-12-18(20)24(33(26)27)30-22-16-10-4-3-9-15(16)21(28-22)29-23/h3-14H,1-2H3/b29-21-,29-23?,30-22?,30-24-. The molecule has 0 atom stereocenters. The molecule has 0 unspecified atom stereocenters. The predicted molar refractivity (Wildman–Crippen MR) is 144 cm³/mol. The molecule has 12 heteroatoms. The molecule has 0 spiro atoms. The van der Waals surface area contributed by atoms with E-state index >= 15 is 0 Å². The van der Waals surface area contributed by atoms with E-state index in [-0.39, 0.29) is 0 Å². The number of phosphoric acid groups is 1. The average molecular weight is 520 g/mol. The van der Waals surface area contributed by atoms with Crippen LogP contribution in [0.3, 0.4) is 0 Å². The average Bonchev–Trinajstić information content (AvgIpc) is 3.58. The monoisotopic (exact) mass is 520 g/mol. The molecular formula is C26H18BN6O4P. The summed E-state index contributed by atoms with van der Waals surface area (Å²) >= 11 is 0. The fourth-order valence-electron chi connectivity index (χ4n) is 5.39. The molecule has 38 heavy (non-hydrogen) atoms. The maximum atomic E-state index is 13.5. The van der Waals surface area contributed by atoms with Gasteiger partial charge in [-0.05, 0) is 0 Å². The molecule has 4 bridgehead atoms. The van der Waals surface area contributed by atoms with E-state index in [0.29, 0.717) is 34.3 Å². The number of phosphoric ester groups is 1. The van der Waals surface area contributed by atoms with Gasteiger partial charge in [-0.25, -0.2) is 24.5 Å². The number of rotatable bonds is 4. The largest absolute Gasteiger partial charge is 0.571 e. The van der Waals surface area contributed by atoms with Crippen LogP contribution in [-0.2, 0) is 18.1 Å². The molecule has 0 saturated carbocycles. The molecule has 184 valence electrons. The quantitative estimate of drug-likeness (QED) is 0.263. The van der Waals surface area contributed by atoms with Crippen LogP contribution in [0.25, 0.3) is 21.5 Å². The summed E-state index contributed by atoms with van der Waals surface area (Å²) in [5, 5.41) is 3.45. The molecule has 2 aromatic heterocycles.